The summed E-state index contributed by atoms with van der Waals surface area (Å²) in [4.78, 5) is 19.7. The van der Waals surface area contributed by atoms with E-state index in [1.165, 1.54) is 6.20 Å². The molecule has 1 amide bonds. The lowest BCUT2D eigenvalue weighted by Crippen LogP contribution is -2.29. The molecule has 1 aromatic heterocycles. The van der Waals surface area contributed by atoms with Gasteiger partial charge in [0.15, 0.2) is 0 Å². The number of aliphatic hydroxyl groups excluding tert-OH is 1. The Kier molecular flexibility index (Phi) is 4.73. The topological polar surface area (TPSA) is 113 Å². The molecule has 5 N–H and O–H groups in total. The summed E-state index contributed by atoms with van der Waals surface area (Å²) in [7, 11) is 0. The smallest absolute Gasteiger partial charge is 0.254 e. The fraction of sp³-hybridized carbons (Fsp3) is 0.615. The van der Waals surface area contributed by atoms with Gasteiger partial charge in [-0.2, -0.15) is 4.98 Å². The molecule has 1 aromatic rings. The Labute approximate surface area is 118 Å². The number of amides is 1. The number of aliphatic hydroxyl groups is 1. The molecule has 7 heteroatoms. The van der Waals surface area contributed by atoms with Crippen LogP contribution in [0, 0.1) is 0 Å². The maximum Gasteiger partial charge on any atom is 0.254 e. The van der Waals surface area contributed by atoms with Gasteiger partial charge in [0.2, 0.25) is 5.95 Å². The van der Waals surface area contributed by atoms with Crippen LogP contribution in [0.15, 0.2) is 6.20 Å². The maximum absolute atomic E-state index is 11.3. The Morgan fingerprint density at radius 3 is 2.75 bits per heavy atom. The fourth-order valence-corrected chi connectivity index (χ4v) is 2.34. The molecule has 2 rings (SSSR count). The van der Waals surface area contributed by atoms with E-state index in [9.17, 15) is 9.90 Å². The number of nitrogens with zero attached hydrogens (tertiary/aromatic N) is 2. The SMILES string of the molecule is CCNc1nc(N[C@H]2CC[C@H](O)CC2)ncc1C(N)=O. The van der Waals surface area contributed by atoms with Gasteiger partial charge in [-0.15, -0.1) is 0 Å². The number of hydrogen-bond donors (Lipinski definition) is 4. The van der Waals surface area contributed by atoms with Gasteiger partial charge < -0.3 is 21.5 Å². The molecule has 1 fully saturated rings. The minimum Gasteiger partial charge on any atom is -0.393 e. The van der Waals surface area contributed by atoms with Gasteiger partial charge in [-0.25, -0.2) is 4.98 Å². The number of carbonyl (C=O) groups is 1. The van der Waals surface area contributed by atoms with Gasteiger partial charge in [0.05, 0.1) is 11.7 Å². The Balaban J connectivity index is 2.08. The van der Waals surface area contributed by atoms with Crippen LogP contribution >= 0.6 is 0 Å². The molecule has 0 aliphatic heterocycles. The first-order valence-electron chi connectivity index (χ1n) is 6.95. The van der Waals surface area contributed by atoms with Crippen molar-refractivity contribution >= 4 is 17.7 Å². The lowest BCUT2D eigenvalue weighted by molar-refractivity contribution is 0.100. The summed E-state index contributed by atoms with van der Waals surface area (Å²) in [6, 6.07) is 0.257. The van der Waals surface area contributed by atoms with Crippen molar-refractivity contribution in [1.82, 2.24) is 9.97 Å². The van der Waals surface area contributed by atoms with E-state index in [1.54, 1.807) is 0 Å². The molecular weight excluding hydrogens is 258 g/mol. The highest BCUT2D eigenvalue weighted by molar-refractivity contribution is 5.97. The van der Waals surface area contributed by atoms with Crippen LogP contribution in [0.5, 0.6) is 0 Å². The molecule has 0 radical (unpaired) electrons. The number of hydrogen-bond acceptors (Lipinski definition) is 6. The number of aromatic nitrogens is 2. The molecule has 20 heavy (non-hydrogen) atoms. The van der Waals surface area contributed by atoms with Crippen LogP contribution in [0.3, 0.4) is 0 Å². The lowest BCUT2D eigenvalue weighted by Gasteiger charge is -2.26. The van der Waals surface area contributed by atoms with Crippen molar-refractivity contribution in [3.8, 4) is 0 Å². The first kappa shape index (κ1) is 14.5. The summed E-state index contributed by atoms with van der Waals surface area (Å²) < 4.78 is 0. The van der Waals surface area contributed by atoms with Gasteiger partial charge in [-0.1, -0.05) is 0 Å². The Bertz CT molecular complexity index is 472. The van der Waals surface area contributed by atoms with Crippen LogP contribution in [-0.4, -0.2) is 39.7 Å². The molecule has 0 aromatic carbocycles. The second-order valence-corrected chi connectivity index (χ2v) is 5.00. The predicted octanol–water partition coefficient (Wildman–Crippen LogP) is 0.723. The van der Waals surface area contributed by atoms with Crippen LogP contribution in [0.1, 0.15) is 43.0 Å². The molecular formula is C13H21N5O2. The molecule has 1 saturated carbocycles. The summed E-state index contributed by atoms with van der Waals surface area (Å²) in [6.45, 7) is 2.56. The zero-order valence-electron chi connectivity index (χ0n) is 11.6. The first-order chi connectivity index (χ1) is 9.60. The van der Waals surface area contributed by atoms with E-state index in [0.717, 1.165) is 25.7 Å². The number of rotatable bonds is 5. The highest BCUT2D eigenvalue weighted by Gasteiger charge is 2.20. The van der Waals surface area contributed by atoms with Crippen LogP contribution in [0.2, 0.25) is 0 Å². The van der Waals surface area contributed by atoms with Gasteiger partial charge in [0.25, 0.3) is 5.91 Å². The minimum atomic E-state index is -0.548. The molecule has 110 valence electrons. The first-order valence-corrected chi connectivity index (χ1v) is 6.95. The van der Waals surface area contributed by atoms with E-state index < -0.39 is 5.91 Å². The molecule has 0 atom stereocenters. The van der Waals surface area contributed by atoms with Crippen molar-refractivity contribution in [3.05, 3.63) is 11.8 Å². The molecule has 0 spiro atoms. The van der Waals surface area contributed by atoms with Crippen LogP contribution in [0.25, 0.3) is 0 Å². The number of nitrogens with one attached hydrogen (secondary N) is 2. The van der Waals surface area contributed by atoms with Crippen LogP contribution < -0.4 is 16.4 Å². The summed E-state index contributed by atoms with van der Waals surface area (Å²) in [5.41, 5.74) is 5.58. The van der Waals surface area contributed by atoms with E-state index in [-0.39, 0.29) is 17.7 Å². The summed E-state index contributed by atoms with van der Waals surface area (Å²) in [5, 5.41) is 15.7. The maximum atomic E-state index is 11.3. The molecule has 0 saturated heterocycles. The van der Waals surface area contributed by atoms with E-state index in [4.69, 9.17) is 5.73 Å². The second kappa shape index (κ2) is 6.51. The third kappa shape index (κ3) is 3.57. The van der Waals surface area contributed by atoms with E-state index >= 15 is 0 Å². The third-order valence-corrected chi connectivity index (χ3v) is 3.43. The van der Waals surface area contributed by atoms with E-state index in [0.29, 0.717) is 18.3 Å². The Morgan fingerprint density at radius 1 is 1.45 bits per heavy atom. The van der Waals surface area contributed by atoms with Crippen molar-refractivity contribution in [2.24, 2.45) is 5.73 Å². The highest BCUT2D eigenvalue weighted by atomic mass is 16.3. The van der Waals surface area contributed by atoms with Gasteiger partial charge in [0, 0.05) is 18.8 Å². The normalized spacial score (nSPS) is 22.3. The third-order valence-electron chi connectivity index (χ3n) is 3.43. The van der Waals surface area contributed by atoms with Crippen LogP contribution in [0.4, 0.5) is 11.8 Å². The van der Waals surface area contributed by atoms with E-state index in [2.05, 4.69) is 20.6 Å². The molecule has 0 bridgehead atoms. The van der Waals surface area contributed by atoms with Crippen molar-refractivity contribution in [1.29, 1.82) is 0 Å². The van der Waals surface area contributed by atoms with Gasteiger partial charge in [0.1, 0.15) is 5.82 Å². The highest BCUT2D eigenvalue weighted by Crippen LogP contribution is 2.21. The summed E-state index contributed by atoms with van der Waals surface area (Å²) >= 11 is 0. The molecule has 7 nitrogen and oxygen atoms in total. The van der Waals surface area contributed by atoms with Crippen molar-refractivity contribution in [3.63, 3.8) is 0 Å². The van der Waals surface area contributed by atoms with Crippen molar-refractivity contribution < 1.29 is 9.90 Å². The molecule has 0 unspecified atom stereocenters. The zero-order chi connectivity index (χ0) is 14.5. The van der Waals surface area contributed by atoms with Gasteiger partial charge in [-0.05, 0) is 32.6 Å². The average molecular weight is 279 g/mol. The van der Waals surface area contributed by atoms with Crippen LogP contribution in [-0.2, 0) is 0 Å². The Morgan fingerprint density at radius 2 is 2.15 bits per heavy atom. The van der Waals surface area contributed by atoms with Crippen molar-refractivity contribution in [2.45, 2.75) is 44.8 Å². The number of primary amides is 1. The summed E-state index contributed by atoms with van der Waals surface area (Å²) in [5.74, 6) is 0.383. The predicted molar refractivity (Wildman–Crippen MR) is 76.6 cm³/mol. The average Bonchev–Trinajstić information content (AvgIpc) is 2.42. The Hall–Kier alpha value is -1.89. The minimum absolute atomic E-state index is 0.191. The van der Waals surface area contributed by atoms with Gasteiger partial charge in [-0.3, -0.25) is 4.79 Å². The largest absolute Gasteiger partial charge is 0.393 e. The number of anilines is 2. The standard InChI is InChI=1S/C13H21N5O2/c1-2-15-12-10(11(14)20)7-16-13(18-12)17-8-3-5-9(19)6-4-8/h7-9,19H,2-6H2,1H3,(H2,14,20)(H2,15,16,17,18)/t8-,9-. The number of nitrogens with two attached hydrogens (primary N) is 1. The lowest BCUT2D eigenvalue weighted by atomic mass is 9.93. The molecule has 1 aliphatic rings. The zero-order valence-corrected chi connectivity index (χ0v) is 11.6. The van der Waals surface area contributed by atoms with Gasteiger partial charge >= 0.3 is 0 Å². The van der Waals surface area contributed by atoms with E-state index in [1.807, 2.05) is 6.92 Å². The molecule has 1 heterocycles. The number of carbonyl (C=O) groups excluding carboxylic acids is 1. The quantitative estimate of drug-likeness (QED) is 0.631. The summed E-state index contributed by atoms with van der Waals surface area (Å²) in [6.07, 6.45) is 4.60. The molecule has 1 aliphatic carbocycles. The fourth-order valence-electron chi connectivity index (χ4n) is 2.34. The van der Waals surface area contributed by atoms with Crippen molar-refractivity contribution in [2.75, 3.05) is 17.2 Å². The second-order valence-electron chi connectivity index (χ2n) is 5.00. The monoisotopic (exact) mass is 279 g/mol.